The topological polar surface area (TPSA) is 59.2 Å². The van der Waals surface area contributed by atoms with Gasteiger partial charge >= 0.3 is 5.97 Å². The quantitative estimate of drug-likeness (QED) is 0.614. The van der Waals surface area contributed by atoms with E-state index in [4.69, 9.17) is 0 Å². The largest absolute Gasteiger partial charge is 0.421 e. The number of pyridine rings is 1. The molecule has 1 aromatic rings. The predicted molar refractivity (Wildman–Crippen MR) is 51.1 cm³/mol. The summed E-state index contributed by atoms with van der Waals surface area (Å²) in [6.07, 6.45) is 1.54. The van der Waals surface area contributed by atoms with E-state index < -0.39 is 11.5 Å². The first-order valence-electron chi connectivity index (χ1n) is 3.16. The Hall–Kier alpha value is -0.850. The van der Waals surface area contributed by atoms with Gasteiger partial charge in [-0.15, -0.1) is 0 Å². The SMILES string of the molecule is CC(=O)Oc1cc(I)c[nH]c1=O. The molecule has 0 spiro atoms. The fraction of sp³-hybridized carbons (Fsp3) is 0.143. The molecule has 1 aromatic heterocycles. The molecule has 1 heterocycles. The lowest BCUT2D eigenvalue weighted by molar-refractivity contribution is -0.131. The summed E-state index contributed by atoms with van der Waals surface area (Å²) >= 11 is 2.01. The molecular formula is C7H6INO3. The van der Waals surface area contributed by atoms with Crippen LogP contribution in [0.25, 0.3) is 0 Å². The summed E-state index contributed by atoms with van der Waals surface area (Å²) in [5, 5.41) is 0. The summed E-state index contributed by atoms with van der Waals surface area (Å²) in [5.74, 6) is -0.461. The highest BCUT2D eigenvalue weighted by atomic mass is 127. The van der Waals surface area contributed by atoms with Gasteiger partial charge in [-0.2, -0.15) is 0 Å². The van der Waals surface area contributed by atoms with Gasteiger partial charge in [0.25, 0.3) is 5.56 Å². The van der Waals surface area contributed by atoms with Crippen LogP contribution in [-0.4, -0.2) is 11.0 Å². The van der Waals surface area contributed by atoms with E-state index in [1.54, 1.807) is 0 Å². The molecule has 0 radical (unpaired) electrons. The second-order valence-corrected chi connectivity index (χ2v) is 3.35. The number of aromatic nitrogens is 1. The number of aromatic amines is 1. The molecule has 4 nitrogen and oxygen atoms in total. The number of hydrogen-bond acceptors (Lipinski definition) is 3. The number of carbonyl (C=O) groups excluding carboxylic acids is 1. The van der Waals surface area contributed by atoms with E-state index in [0.717, 1.165) is 3.57 Å². The van der Waals surface area contributed by atoms with Crippen LogP contribution in [-0.2, 0) is 4.79 Å². The molecule has 64 valence electrons. The number of hydrogen-bond donors (Lipinski definition) is 1. The van der Waals surface area contributed by atoms with E-state index in [1.165, 1.54) is 19.2 Å². The minimum Gasteiger partial charge on any atom is -0.421 e. The predicted octanol–water partition coefficient (Wildman–Crippen LogP) is 0.905. The lowest BCUT2D eigenvalue weighted by Crippen LogP contribution is -2.13. The van der Waals surface area contributed by atoms with Crippen molar-refractivity contribution >= 4 is 28.6 Å². The van der Waals surface area contributed by atoms with Gasteiger partial charge in [0, 0.05) is 22.8 Å². The molecule has 12 heavy (non-hydrogen) atoms. The Morgan fingerprint density at radius 2 is 2.33 bits per heavy atom. The molecule has 0 saturated carbocycles. The van der Waals surface area contributed by atoms with Crippen LogP contribution in [0, 0.1) is 3.57 Å². The molecule has 0 bridgehead atoms. The number of rotatable bonds is 1. The molecule has 5 heteroatoms. The Balaban J connectivity index is 3.06. The highest BCUT2D eigenvalue weighted by molar-refractivity contribution is 14.1. The Bertz CT molecular complexity index is 358. The number of esters is 1. The van der Waals surface area contributed by atoms with Gasteiger partial charge in [0.1, 0.15) is 0 Å². The molecule has 0 aliphatic rings. The molecule has 0 aliphatic carbocycles. The maximum atomic E-state index is 11.0. The third kappa shape index (κ3) is 2.33. The Morgan fingerprint density at radius 3 is 2.92 bits per heavy atom. The van der Waals surface area contributed by atoms with Crippen LogP contribution in [0.3, 0.4) is 0 Å². The zero-order valence-electron chi connectivity index (χ0n) is 6.26. The normalized spacial score (nSPS) is 9.50. The molecule has 1 N–H and O–H groups in total. The van der Waals surface area contributed by atoms with Gasteiger partial charge in [0.15, 0.2) is 5.75 Å². The van der Waals surface area contributed by atoms with Crippen LogP contribution >= 0.6 is 22.6 Å². The summed E-state index contributed by atoms with van der Waals surface area (Å²) in [6, 6.07) is 1.50. The highest BCUT2D eigenvalue weighted by Gasteiger charge is 2.03. The molecule has 0 atom stereocenters. The van der Waals surface area contributed by atoms with Gasteiger partial charge in [-0.1, -0.05) is 0 Å². The maximum absolute atomic E-state index is 11.0. The van der Waals surface area contributed by atoms with Crippen molar-refractivity contribution in [3.05, 3.63) is 26.2 Å². The second-order valence-electron chi connectivity index (χ2n) is 2.10. The van der Waals surface area contributed by atoms with Gasteiger partial charge in [-0.3, -0.25) is 9.59 Å². The highest BCUT2D eigenvalue weighted by Crippen LogP contribution is 2.07. The molecule has 1 rings (SSSR count). The van der Waals surface area contributed by atoms with E-state index in [9.17, 15) is 9.59 Å². The Labute approximate surface area is 82.1 Å². The molecular weight excluding hydrogens is 273 g/mol. The lowest BCUT2D eigenvalue weighted by atomic mass is 10.4. The molecule has 0 amide bonds. The second kappa shape index (κ2) is 3.70. The van der Waals surface area contributed by atoms with Crippen LogP contribution in [0.1, 0.15) is 6.92 Å². The number of halogens is 1. The van der Waals surface area contributed by atoms with Crippen molar-refractivity contribution in [2.24, 2.45) is 0 Å². The van der Waals surface area contributed by atoms with Gasteiger partial charge in [-0.25, -0.2) is 0 Å². The summed E-state index contributed by atoms with van der Waals surface area (Å²) in [7, 11) is 0. The standard InChI is InChI=1S/C7H6INO3/c1-4(10)12-6-2-5(8)3-9-7(6)11/h2-3H,1H3,(H,9,11). The average molecular weight is 279 g/mol. The molecule has 0 unspecified atom stereocenters. The number of ether oxygens (including phenoxy) is 1. The van der Waals surface area contributed by atoms with E-state index in [0.29, 0.717) is 0 Å². The third-order valence-electron chi connectivity index (χ3n) is 1.09. The van der Waals surface area contributed by atoms with Crippen LogP contribution in [0.15, 0.2) is 17.1 Å². The van der Waals surface area contributed by atoms with Crippen molar-refractivity contribution in [2.45, 2.75) is 6.92 Å². The molecule has 0 aliphatic heterocycles. The van der Waals surface area contributed by atoms with Crippen molar-refractivity contribution in [3.63, 3.8) is 0 Å². The van der Waals surface area contributed by atoms with Gasteiger partial charge in [0.05, 0.1) is 0 Å². The van der Waals surface area contributed by atoms with Gasteiger partial charge in [0.2, 0.25) is 0 Å². The van der Waals surface area contributed by atoms with Crippen molar-refractivity contribution in [1.29, 1.82) is 0 Å². The van der Waals surface area contributed by atoms with Crippen LogP contribution in [0.2, 0.25) is 0 Å². The van der Waals surface area contributed by atoms with Crippen LogP contribution in [0.5, 0.6) is 5.75 Å². The number of carbonyl (C=O) groups is 1. The van der Waals surface area contributed by atoms with Crippen molar-refractivity contribution < 1.29 is 9.53 Å². The summed E-state index contributed by atoms with van der Waals surface area (Å²) in [5.41, 5.74) is -0.398. The first-order chi connectivity index (χ1) is 5.59. The monoisotopic (exact) mass is 279 g/mol. The zero-order chi connectivity index (χ0) is 9.14. The smallest absolute Gasteiger partial charge is 0.308 e. The first-order valence-corrected chi connectivity index (χ1v) is 4.24. The number of nitrogens with one attached hydrogen (secondary N) is 1. The Kier molecular flexibility index (Phi) is 2.85. The zero-order valence-corrected chi connectivity index (χ0v) is 8.41. The number of H-pyrrole nitrogens is 1. The van der Waals surface area contributed by atoms with E-state index in [1.807, 2.05) is 22.6 Å². The fourth-order valence-corrected chi connectivity index (χ4v) is 1.11. The van der Waals surface area contributed by atoms with E-state index >= 15 is 0 Å². The molecule has 0 aromatic carbocycles. The minimum absolute atomic E-state index is 0.0365. The third-order valence-corrected chi connectivity index (χ3v) is 1.71. The summed E-state index contributed by atoms with van der Waals surface area (Å²) in [6.45, 7) is 1.25. The summed E-state index contributed by atoms with van der Waals surface area (Å²) < 4.78 is 5.45. The van der Waals surface area contributed by atoms with E-state index in [2.05, 4.69) is 9.72 Å². The molecule has 0 fully saturated rings. The lowest BCUT2D eigenvalue weighted by Gasteiger charge is -1.98. The van der Waals surface area contributed by atoms with Crippen molar-refractivity contribution in [1.82, 2.24) is 4.98 Å². The fourth-order valence-electron chi connectivity index (χ4n) is 0.669. The van der Waals surface area contributed by atoms with E-state index in [-0.39, 0.29) is 5.75 Å². The van der Waals surface area contributed by atoms with Gasteiger partial charge < -0.3 is 9.72 Å². The Morgan fingerprint density at radius 1 is 1.67 bits per heavy atom. The molecule has 0 saturated heterocycles. The van der Waals surface area contributed by atoms with Gasteiger partial charge in [-0.05, 0) is 22.6 Å². The first kappa shape index (κ1) is 9.24. The van der Waals surface area contributed by atoms with Crippen molar-refractivity contribution in [3.8, 4) is 5.75 Å². The van der Waals surface area contributed by atoms with Crippen LogP contribution < -0.4 is 10.3 Å². The summed E-state index contributed by atoms with van der Waals surface area (Å²) in [4.78, 5) is 23.9. The maximum Gasteiger partial charge on any atom is 0.308 e. The van der Waals surface area contributed by atoms with Crippen molar-refractivity contribution in [2.75, 3.05) is 0 Å². The average Bonchev–Trinajstić information content (AvgIpc) is 1.96. The van der Waals surface area contributed by atoms with Crippen LogP contribution in [0.4, 0.5) is 0 Å². The minimum atomic E-state index is -0.498.